The van der Waals surface area contributed by atoms with Gasteiger partial charge in [-0.15, -0.1) is 0 Å². The van der Waals surface area contributed by atoms with Gasteiger partial charge in [-0.3, -0.25) is 14.9 Å². The van der Waals surface area contributed by atoms with Gasteiger partial charge in [-0.2, -0.15) is 0 Å². The third-order valence-electron chi connectivity index (χ3n) is 3.14. The van der Waals surface area contributed by atoms with Gasteiger partial charge in [0.05, 0.1) is 4.92 Å². The van der Waals surface area contributed by atoms with Gasteiger partial charge < -0.3 is 10.4 Å². The fourth-order valence-electron chi connectivity index (χ4n) is 1.96. The Morgan fingerprint density at radius 3 is 2.52 bits per heavy atom. The van der Waals surface area contributed by atoms with Crippen LogP contribution in [0.2, 0.25) is 0 Å². The summed E-state index contributed by atoms with van der Waals surface area (Å²) in [6.07, 6.45) is 0. The standard InChI is InChI=1S/C15H14N2O4/c1-10-13(3-2-4-14(10)17(20)21)15(19)16-9-11-5-7-12(18)8-6-11/h2-8,18H,9H2,1H3,(H,16,19). The van der Waals surface area contributed by atoms with Crippen LogP contribution >= 0.6 is 0 Å². The predicted octanol–water partition coefficient (Wildman–Crippen LogP) is 2.54. The quantitative estimate of drug-likeness (QED) is 0.667. The van der Waals surface area contributed by atoms with Crippen molar-refractivity contribution >= 4 is 11.6 Å². The Bertz CT molecular complexity index is 681. The van der Waals surface area contributed by atoms with E-state index in [9.17, 15) is 20.0 Å². The van der Waals surface area contributed by atoms with Gasteiger partial charge >= 0.3 is 0 Å². The molecule has 0 fully saturated rings. The molecule has 0 saturated carbocycles. The molecule has 0 aliphatic heterocycles. The van der Waals surface area contributed by atoms with Gasteiger partial charge in [0.1, 0.15) is 5.75 Å². The number of nitrogens with one attached hydrogen (secondary N) is 1. The highest BCUT2D eigenvalue weighted by Crippen LogP contribution is 2.21. The predicted molar refractivity (Wildman–Crippen MR) is 77.1 cm³/mol. The molecule has 2 aromatic rings. The molecule has 6 heteroatoms. The highest BCUT2D eigenvalue weighted by molar-refractivity contribution is 5.96. The fraction of sp³-hybridized carbons (Fsp3) is 0.133. The molecule has 6 nitrogen and oxygen atoms in total. The fourth-order valence-corrected chi connectivity index (χ4v) is 1.96. The first kappa shape index (κ1) is 14.5. The minimum atomic E-state index is -0.508. The Labute approximate surface area is 121 Å². The van der Waals surface area contributed by atoms with E-state index in [4.69, 9.17) is 0 Å². The van der Waals surface area contributed by atoms with Gasteiger partial charge in [-0.1, -0.05) is 18.2 Å². The number of nitrogens with zero attached hydrogens (tertiary/aromatic N) is 1. The number of carbonyl (C=O) groups is 1. The molecule has 0 radical (unpaired) electrons. The molecule has 0 aliphatic rings. The summed E-state index contributed by atoms with van der Waals surface area (Å²) in [5.41, 5.74) is 1.37. The van der Waals surface area contributed by atoms with Gasteiger partial charge in [0.25, 0.3) is 11.6 Å². The second-order valence-electron chi connectivity index (χ2n) is 4.56. The lowest BCUT2D eigenvalue weighted by Crippen LogP contribution is -2.23. The molecule has 0 unspecified atom stereocenters. The summed E-state index contributed by atoms with van der Waals surface area (Å²) in [6.45, 7) is 1.83. The van der Waals surface area contributed by atoms with Crippen molar-refractivity contribution in [3.05, 3.63) is 69.3 Å². The summed E-state index contributed by atoms with van der Waals surface area (Å²) in [4.78, 5) is 22.4. The van der Waals surface area contributed by atoms with Crippen molar-refractivity contribution < 1.29 is 14.8 Å². The Morgan fingerprint density at radius 2 is 1.90 bits per heavy atom. The molecule has 2 rings (SSSR count). The maximum atomic E-state index is 12.1. The number of hydrogen-bond acceptors (Lipinski definition) is 4. The van der Waals surface area contributed by atoms with Crippen molar-refractivity contribution in [3.63, 3.8) is 0 Å². The van der Waals surface area contributed by atoms with E-state index in [-0.39, 0.29) is 29.5 Å². The molecular weight excluding hydrogens is 272 g/mol. The van der Waals surface area contributed by atoms with Crippen LogP contribution in [0.5, 0.6) is 5.75 Å². The van der Waals surface area contributed by atoms with Crippen LogP contribution in [0.1, 0.15) is 21.5 Å². The van der Waals surface area contributed by atoms with Crippen molar-refractivity contribution in [3.8, 4) is 5.75 Å². The summed E-state index contributed by atoms with van der Waals surface area (Å²) >= 11 is 0. The number of aromatic hydroxyl groups is 1. The van der Waals surface area contributed by atoms with Crippen molar-refractivity contribution in [1.82, 2.24) is 5.32 Å². The van der Waals surface area contributed by atoms with Crippen LogP contribution in [0.25, 0.3) is 0 Å². The van der Waals surface area contributed by atoms with Gasteiger partial charge in [0.2, 0.25) is 0 Å². The number of benzene rings is 2. The van der Waals surface area contributed by atoms with Gasteiger partial charge in [-0.25, -0.2) is 0 Å². The topological polar surface area (TPSA) is 92.5 Å². The minimum Gasteiger partial charge on any atom is -0.508 e. The van der Waals surface area contributed by atoms with E-state index in [0.717, 1.165) is 5.56 Å². The highest BCUT2D eigenvalue weighted by atomic mass is 16.6. The van der Waals surface area contributed by atoms with Gasteiger partial charge in [0.15, 0.2) is 0 Å². The number of phenols is 1. The first-order chi connectivity index (χ1) is 9.99. The lowest BCUT2D eigenvalue weighted by atomic mass is 10.1. The average Bonchev–Trinajstić information content (AvgIpc) is 2.46. The molecule has 0 saturated heterocycles. The summed E-state index contributed by atoms with van der Waals surface area (Å²) in [6, 6.07) is 10.8. The Kier molecular flexibility index (Phi) is 4.18. The molecule has 0 aromatic heterocycles. The molecule has 0 bridgehead atoms. The average molecular weight is 286 g/mol. The number of amides is 1. The summed E-state index contributed by atoms with van der Waals surface area (Å²) in [5, 5.41) is 22.7. The molecule has 1 amide bonds. The van der Waals surface area contributed by atoms with Crippen LogP contribution in [-0.4, -0.2) is 15.9 Å². The molecule has 108 valence electrons. The van der Waals surface area contributed by atoms with Crippen LogP contribution in [0.15, 0.2) is 42.5 Å². The number of phenolic OH excluding ortho intramolecular Hbond substituents is 1. The zero-order valence-corrected chi connectivity index (χ0v) is 11.4. The highest BCUT2D eigenvalue weighted by Gasteiger charge is 2.17. The number of carbonyl (C=O) groups excluding carboxylic acids is 1. The van der Waals surface area contributed by atoms with Crippen molar-refractivity contribution in [2.24, 2.45) is 0 Å². The van der Waals surface area contributed by atoms with Crippen molar-refractivity contribution in [2.75, 3.05) is 0 Å². The normalized spacial score (nSPS) is 10.1. The maximum Gasteiger partial charge on any atom is 0.273 e. The second kappa shape index (κ2) is 6.04. The van der Waals surface area contributed by atoms with E-state index in [1.54, 1.807) is 25.1 Å². The summed E-state index contributed by atoms with van der Waals surface area (Å²) < 4.78 is 0. The van der Waals surface area contributed by atoms with Crippen molar-refractivity contribution in [1.29, 1.82) is 0 Å². The summed E-state index contributed by atoms with van der Waals surface area (Å²) in [5.74, 6) is -0.219. The van der Waals surface area contributed by atoms with Crippen LogP contribution < -0.4 is 5.32 Å². The minimum absolute atomic E-state index is 0.0766. The summed E-state index contributed by atoms with van der Waals surface area (Å²) in [7, 11) is 0. The number of hydrogen-bond donors (Lipinski definition) is 2. The third kappa shape index (κ3) is 3.36. The molecular formula is C15H14N2O4. The van der Waals surface area contributed by atoms with Crippen LogP contribution in [-0.2, 0) is 6.54 Å². The van der Waals surface area contributed by atoms with Crippen LogP contribution in [0, 0.1) is 17.0 Å². The van der Waals surface area contributed by atoms with Crippen LogP contribution in [0.3, 0.4) is 0 Å². The smallest absolute Gasteiger partial charge is 0.273 e. The van der Waals surface area contributed by atoms with E-state index < -0.39 is 4.92 Å². The number of rotatable bonds is 4. The monoisotopic (exact) mass is 286 g/mol. The van der Waals surface area contributed by atoms with E-state index >= 15 is 0 Å². The zero-order valence-electron chi connectivity index (χ0n) is 11.4. The largest absolute Gasteiger partial charge is 0.508 e. The van der Waals surface area contributed by atoms with E-state index in [0.29, 0.717) is 5.56 Å². The molecule has 2 aromatic carbocycles. The molecule has 21 heavy (non-hydrogen) atoms. The first-order valence-electron chi connectivity index (χ1n) is 6.29. The number of nitro benzene ring substituents is 1. The van der Waals surface area contributed by atoms with E-state index in [1.165, 1.54) is 24.3 Å². The van der Waals surface area contributed by atoms with E-state index in [2.05, 4.69) is 5.32 Å². The zero-order chi connectivity index (χ0) is 15.4. The SMILES string of the molecule is Cc1c(C(=O)NCc2ccc(O)cc2)cccc1[N+](=O)[O-]. The first-order valence-corrected chi connectivity index (χ1v) is 6.29. The van der Waals surface area contributed by atoms with Crippen LogP contribution in [0.4, 0.5) is 5.69 Å². The van der Waals surface area contributed by atoms with Crippen molar-refractivity contribution in [2.45, 2.75) is 13.5 Å². The lowest BCUT2D eigenvalue weighted by Gasteiger charge is -2.08. The second-order valence-corrected chi connectivity index (χ2v) is 4.56. The van der Waals surface area contributed by atoms with Gasteiger partial charge in [0, 0.05) is 23.7 Å². The molecule has 0 heterocycles. The molecule has 0 spiro atoms. The molecule has 2 N–H and O–H groups in total. The maximum absolute atomic E-state index is 12.1. The lowest BCUT2D eigenvalue weighted by molar-refractivity contribution is -0.385. The molecule has 0 atom stereocenters. The Morgan fingerprint density at radius 1 is 1.24 bits per heavy atom. The molecule has 0 aliphatic carbocycles. The number of nitro groups is 1. The van der Waals surface area contributed by atoms with E-state index in [1.807, 2.05) is 0 Å². The third-order valence-corrected chi connectivity index (χ3v) is 3.14. The Balaban J connectivity index is 2.12. The van der Waals surface area contributed by atoms with Gasteiger partial charge in [-0.05, 0) is 30.7 Å². The Hall–Kier alpha value is -2.89.